The predicted octanol–water partition coefficient (Wildman–Crippen LogP) is -1.08. The molecule has 1 aliphatic rings. The first-order valence-corrected chi connectivity index (χ1v) is 12.6. The van der Waals surface area contributed by atoms with Gasteiger partial charge in [0.1, 0.15) is 24.9 Å². The van der Waals surface area contributed by atoms with E-state index in [0.717, 1.165) is 17.0 Å². The molecule has 1 amide bonds. The van der Waals surface area contributed by atoms with Crippen molar-refractivity contribution in [2.75, 3.05) is 25.4 Å². The number of amides is 1. The van der Waals surface area contributed by atoms with E-state index >= 15 is 0 Å². The summed E-state index contributed by atoms with van der Waals surface area (Å²) in [6.07, 6.45) is -5.88. The number of aliphatic hydroxyl groups excluding tert-OH is 5. The summed E-state index contributed by atoms with van der Waals surface area (Å²) >= 11 is 0. The maximum atomic E-state index is 12.7. The minimum Gasteiger partial charge on any atom is -0.394 e. The summed E-state index contributed by atoms with van der Waals surface area (Å²) in [5.41, 5.74) is 2.75. The maximum absolute atomic E-state index is 12.7. The van der Waals surface area contributed by atoms with E-state index in [-0.39, 0.29) is 12.3 Å². The molecule has 0 aliphatic carbocycles. The van der Waals surface area contributed by atoms with Crippen molar-refractivity contribution in [1.82, 2.24) is 5.32 Å². The van der Waals surface area contributed by atoms with E-state index < -0.39 is 52.5 Å². The predicted molar refractivity (Wildman–Crippen MR) is 124 cm³/mol. The summed E-state index contributed by atoms with van der Waals surface area (Å²) in [6.45, 7) is 5.35. The average molecular weight is 504 g/mol. The van der Waals surface area contributed by atoms with Crippen LogP contribution in [0, 0.1) is 0 Å². The summed E-state index contributed by atoms with van der Waals surface area (Å²) in [5, 5.41) is 50.3. The van der Waals surface area contributed by atoms with Gasteiger partial charge in [0.05, 0.1) is 23.9 Å². The van der Waals surface area contributed by atoms with Crippen LogP contribution < -0.4 is 5.32 Å². The molecule has 1 aromatic rings. The highest BCUT2D eigenvalue weighted by molar-refractivity contribution is 7.85. The van der Waals surface area contributed by atoms with E-state index in [1.807, 2.05) is 20.8 Å². The van der Waals surface area contributed by atoms with E-state index in [4.69, 9.17) is 9.66 Å². The van der Waals surface area contributed by atoms with Gasteiger partial charge in [0.15, 0.2) is 5.71 Å². The molecular formula is C22H35N2O9S+. The zero-order valence-electron chi connectivity index (χ0n) is 19.5. The van der Waals surface area contributed by atoms with E-state index in [0.29, 0.717) is 24.9 Å². The number of nitrogens with one attached hydrogen (secondary N) is 1. The molecule has 11 nitrogen and oxygen atoms in total. The molecule has 7 N–H and O–H groups in total. The van der Waals surface area contributed by atoms with E-state index in [9.17, 15) is 33.6 Å². The standard InChI is InChI=1S/C22H34N2O9S/c1-13-22(2,3)15-10-14(6-7-16(15)24(13)8-4-5-9-34(31,32)33)21(30)23-11-17(26)19(28)20(29)18(27)12-25/h6-7,10,17-20,25-29H,4-5,8-9,11-12H2,1-3H3,(H-,23,30,31,32,33)/p+1. The van der Waals surface area contributed by atoms with Crippen LogP contribution in [0.4, 0.5) is 5.69 Å². The molecule has 2 rings (SSSR count). The highest BCUT2D eigenvalue weighted by Gasteiger charge is 2.43. The Morgan fingerprint density at radius 2 is 1.71 bits per heavy atom. The largest absolute Gasteiger partial charge is 0.394 e. The molecular weight excluding hydrogens is 468 g/mol. The van der Waals surface area contributed by atoms with Crippen molar-refractivity contribution in [2.24, 2.45) is 0 Å². The minimum atomic E-state index is -4.00. The first-order valence-electron chi connectivity index (χ1n) is 11.0. The lowest BCUT2D eigenvalue weighted by Gasteiger charge is -2.25. The Hall–Kier alpha value is -1.93. The number of hydrogen-bond acceptors (Lipinski definition) is 8. The monoisotopic (exact) mass is 503 g/mol. The Morgan fingerprint density at radius 3 is 2.29 bits per heavy atom. The maximum Gasteiger partial charge on any atom is 0.264 e. The smallest absolute Gasteiger partial charge is 0.264 e. The molecule has 0 spiro atoms. The summed E-state index contributed by atoms with van der Waals surface area (Å²) < 4.78 is 32.9. The molecule has 0 radical (unpaired) electrons. The van der Waals surface area contributed by atoms with Crippen molar-refractivity contribution in [3.8, 4) is 0 Å². The van der Waals surface area contributed by atoms with Gasteiger partial charge in [0, 0.05) is 37.1 Å². The number of fused-ring (bicyclic) bond motifs is 1. The topological polar surface area (TPSA) is 188 Å². The van der Waals surface area contributed by atoms with E-state index in [1.165, 1.54) is 0 Å². The molecule has 1 aliphatic heterocycles. The van der Waals surface area contributed by atoms with Gasteiger partial charge in [-0.05, 0) is 32.4 Å². The molecule has 0 saturated heterocycles. The Bertz CT molecular complexity index is 1020. The quantitative estimate of drug-likeness (QED) is 0.106. The zero-order valence-corrected chi connectivity index (χ0v) is 20.4. The van der Waals surface area contributed by atoms with Crippen LogP contribution in [0.2, 0.25) is 0 Å². The molecule has 192 valence electrons. The number of rotatable bonds is 12. The number of unbranched alkanes of at least 4 members (excludes halogenated alkanes) is 1. The van der Waals surface area contributed by atoms with Crippen molar-refractivity contribution >= 4 is 27.4 Å². The summed E-state index contributed by atoms with van der Waals surface area (Å²) in [7, 11) is -4.00. The number of carbonyl (C=O) groups excluding carboxylic acids is 1. The van der Waals surface area contributed by atoms with Gasteiger partial charge in [-0.15, -0.1) is 0 Å². The highest BCUT2D eigenvalue weighted by atomic mass is 32.2. The van der Waals surface area contributed by atoms with Crippen molar-refractivity contribution in [3.05, 3.63) is 29.3 Å². The van der Waals surface area contributed by atoms with E-state index in [2.05, 4.69) is 9.89 Å². The third-order valence-electron chi connectivity index (χ3n) is 6.36. The van der Waals surface area contributed by atoms with Crippen LogP contribution >= 0.6 is 0 Å². The van der Waals surface area contributed by atoms with Crippen molar-refractivity contribution < 1.29 is 47.9 Å². The van der Waals surface area contributed by atoms with Crippen molar-refractivity contribution in [1.29, 1.82) is 0 Å². The lowest BCUT2D eigenvalue weighted by molar-refractivity contribution is -0.439. The molecule has 4 unspecified atom stereocenters. The second-order valence-corrected chi connectivity index (χ2v) is 10.7. The third kappa shape index (κ3) is 6.60. The molecule has 12 heteroatoms. The fourth-order valence-corrected chi connectivity index (χ4v) is 4.52. The van der Waals surface area contributed by atoms with Gasteiger partial charge in [0.25, 0.3) is 16.0 Å². The second-order valence-electron chi connectivity index (χ2n) is 9.10. The molecule has 0 bridgehead atoms. The number of hydrogen-bond donors (Lipinski definition) is 7. The van der Waals surface area contributed by atoms with Gasteiger partial charge in [-0.1, -0.05) is 0 Å². The molecule has 0 aromatic heterocycles. The summed E-state index contributed by atoms with van der Waals surface area (Å²) in [5.74, 6) is -0.808. The molecule has 1 heterocycles. The van der Waals surface area contributed by atoms with Crippen LogP contribution in [0.15, 0.2) is 18.2 Å². The molecule has 34 heavy (non-hydrogen) atoms. The first-order chi connectivity index (χ1) is 15.7. The van der Waals surface area contributed by atoms with Gasteiger partial charge in [-0.2, -0.15) is 13.0 Å². The Morgan fingerprint density at radius 1 is 1.09 bits per heavy atom. The van der Waals surface area contributed by atoms with E-state index in [1.54, 1.807) is 18.2 Å². The number of benzene rings is 1. The van der Waals surface area contributed by atoms with Gasteiger partial charge < -0.3 is 30.8 Å². The molecule has 4 atom stereocenters. The van der Waals surface area contributed by atoms with Gasteiger partial charge in [0.2, 0.25) is 5.69 Å². The van der Waals surface area contributed by atoms with Gasteiger partial charge >= 0.3 is 0 Å². The zero-order chi connectivity index (χ0) is 25.8. The van der Waals surface area contributed by atoms with Crippen LogP contribution in [-0.2, 0) is 15.5 Å². The molecule has 0 fully saturated rings. The minimum absolute atomic E-state index is 0.300. The van der Waals surface area contributed by atoms with Crippen LogP contribution in [0.5, 0.6) is 0 Å². The van der Waals surface area contributed by atoms with Gasteiger partial charge in [-0.25, -0.2) is 0 Å². The third-order valence-corrected chi connectivity index (χ3v) is 7.17. The van der Waals surface area contributed by atoms with Crippen LogP contribution in [0.1, 0.15) is 49.5 Å². The second kappa shape index (κ2) is 11.2. The first kappa shape index (κ1) is 28.3. The Kier molecular flexibility index (Phi) is 9.33. The average Bonchev–Trinajstić information content (AvgIpc) is 2.97. The van der Waals surface area contributed by atoms with Crippen LogP contribution in [-0.4, -0.2) is 105 Å². The highest BCUT2D eigenvalue weighted by Crippen LogP contribution is 2.40. The fourth-order valence-electron chi connectivity index (χ4n) is 3.95. The SMILES string of the molecule is CC1=[N+](CCCCS(=O)(=O)O)c2ccc(C(=O)NCC(O)C(O)C(O)C(O)CO)cc2C1(C)C. The Balaban J connectivity index is 2.08. The number of nitrogens with zero attached hydrogens (tertiary/aromatic N) is 1. The molecule has 1 aromatic carbocycles. The lowest BCUT2D eigenvalue weighted by atomic mass is 9.81. The number of carbonyl (C=O) groups is 1. The van der Waals surface area contributed by atoms with Gasteiger partial charge in [-0.3, -0.25) is 9.35 Å². The number of aliphatic hydroxyl groups is 5. The van der Waals surface area contributed by atoms with Crippen LogP contribution in [0.3, 0.4) is 0 Å². The van der Waals surface area contributed by atoms with Crippen LogP contribution in [0.25, 0.3) is 0 Å². The van der Waals surface area contributed by atoms with Crippen molar-refractivity contribution in [3.63, 3.8) is 0 Å². The van der Waals surface area contributed by atoms with Crippen molar-refractivity contribution in [2.45, 2.75) is 63.4 Å². The Labute approximate surface area is 199 Å². The summed E-state index contributed by atoms with van der Waals surface area (Å²) in [6, 6.07) is 5.14. The molecule has 0 saturated carbocycles. The summed E-state index contributed by atoms with van der Waals surface area (Å²) in [4.78, 5) is 12.7. The fraction of sp³-hybridized carbons (Fsp3) is 0.636. The lowest BCUT2D eigenvalue weighted by Crippen LogP contribution is -2.49. The normalized spacial score (nSPS) is 18.9.